The van der Waals surface area contributed by atoms with Gasteiger partial charge in [-0.15, -0.1) is 0 Å². The summed E-state index contributed by atoms with van der Waals surface area (Å²) in [7, 11) is 1.64. The van der Waals surface area contributed by atoms with Crippen LogP contribution in [0.2, 0.25) is 0 Å². The van der Waals surface area contributed by atoms with Crippen LogP contribution in [0.25, 0.3) is 0 Å². The molecule has 0 heterocycles. The lowest BCUT2D eigenvalue weighted by Gasteiger charge is -2.32. The van der Waals surface area contributed by atoms with Gasteiger partial charge in [-0.2, -0.15) is 0 Å². The van der Waals surface area contributed by atoms with Crippen molar-refractivity contribution >= 4 is 0 Å². The Bertz CT molecular complexity index is 409. The molecular formula is C16H23F2NO. The van der Waals surface area contributed by atoms with Crippen LogP contribution < -0.4 is 10.5 Å². The molecule has 0 saturated heterocycles. The molecule has 1 aliphatic rings. The van der Waals surface area contributed by atoms with Crippen molar-refractivity contribution in [1.29, 1.82) is 0 Å². The predicted molar refractivity (Wildman–Crippen MR) is 76.2 cm³/mol. The zero-order chi connectivity index (χ0) is 14.6. The van der Waals surface area contributed by atoms with Gasteiger partial charge in [0.15, 0.2) is 0 Å². The molecule has 1 unspecified atom stereocenters. The molecule has 0 aliphatic heterocycles. The first kappa shape index (κ1) is 15.2. The van der Waals surface area contributed by atoms with Crippen LogP contribution in [0.3, 0.4) is 0 Å². The maximum absolute atomic E-state index is 13.1. The van der Waals surface area contributed by atoms with E-state index in [0.29, 0.717) is 12.8 Å². The average molecular weight is 283 g/mol. The Kier molecular flexibility index (Phi) is 4.97. The molecule has 0 amide bonds. The highest BCUT2D eigenvalue weighted by molar-refractivity contribution is 5.27. The number of nitrogens with two attached hydrogens (primary N) is 1. The first-order chi connectivity index (χ1) is 9.50. The van der Waals surface area contributed by atoms with Gasteiger partial charge < -0.3 is 10.5 Å². The number of methoxy groups -OCH3 is 1. The van der Waals surface area contributed by atoms with E-state index in [1.165, 1.54) is 5.56 Å². The van der Waals surface area contributed by atoms with Gasteiger partial charge >= 0.3 is 0 Å². The maximum Gasteiger partial charge on any atom is 0.248 e. The maximum atomic E-state index is 13.1. The van der Waals surface area contributed by atoms with E-state index in [4.69, 9.17) is 10.5 Å². The standard InChI is InChI=1S/C16H23F2NO/c1-20-14-5-2-12(3-6-14)4-7-15(19)13-8-10-16(17,18)11-9-13/h2-3,5-6,13,15H,4,7-11,19H2,1H3. The van der Waals surface area contributed by atoms with Gasteiger partial charge in [-0.05, 0) is 49.3 Å². The summed E-state index contributed by atoms with van der Waals surface area (Å²) in [6, 6.07) is 7.94. The summed E-state index contributed by atoms with van der Waals surface area (Å²) in [5.41, 5.74) is 7.38. The van der Waals surface area contributed by atoms with E-state index < -0.39 is 5.92 Å². The largest absolute Gasteiger partial charge is 0.497 e. The van der Waals surface area contributed by atoms with E-state index >= 15 is 0 Å². The second kappa shape index (κ2) is 6.53. The monoisotopic (exact) mass is 283 g/mol. The SMILES string of the molecule is COc1ccc(CCC(N)C2CCC(F)(F)CC2)cc1. The molecule has 2 N–H and O–H groups in total. The van der Waals surface area contributed by atoms with Crippen molar-refractivity contribution in [1.82, 2.24) is 0 Å². The zero-order valence-corrected chi connectivity index (χ0v) is 11.9. The van der Waals surface area contributed by atoms with Crippen molar-refractivity contribution in [2.24, 2.45) is 11.7 Å². The number of ether oxygens (including phenoxy) is 1. The Labute approximate surface area is 119 Å². The van der Waals surface area contributed by atoms with Crippen LogP contribution in [0.5, 0.6) is 5.75 Å². The molecule has 112 valence electrons. The smallest absolute Gasteiger partial charge is 0.248 e. The number of benzene rings is 1. The summed E-state index contributed by atoms with van der Waals surface area (Å²) in [5, 5.41) is 0. The number of hydrogen-bond donors (Lipinski definition) is 1. The van der Waals surface area contributed by atoms with Gasteiger partial charge in [-0.25, -0.2) is 8.78 Å². The number of rotatable bonds is 5. The molecule has 2 nitrogen and oxygen atoms in total. The Morgan fingerprint density at radius 1 is 1.25 bits per heavy atom. The predicted octanol–water partition coefficient (Wildman–Crippen LogP) is 3.78. The molecule has 0 radical (unpaired) electrons. The van der Waals surface area contributed by atoms with Gasteiger partial charge in [0.2, 0.25) is 5.92 Å². The quantitative estimate of drug-likeness (QED) is 0.892. The minimum absolute atomic E-state index is 0.00605. The molecule has 1 saturated carbocycles. The second-order valence-corrected chi connectivity index (χ2v) is 5.74. The molecule has 2 rings (SSSR count). The molecule has 1 aliphatic carbocycles. The summed E-state index contributed by atoms with van der Waals surface area (Å²) in [6.45, 7) is 0. The molecule has 1 aromatic rings. The van der Waals surface area contributed by atoms with E-state index in [1.54, 1.807) is 7.11 Å². The fourth-order valence-electron chi connectivity index (χ4n) is 2.85. The van der Waals surface area contributed by atoms with Gasteiger partial charge in [0.05, 0.1) is 7.11 Å². The minimum atomic E-state index is -2.47. The number of alkyl halides is 2. The van der Waals surface area contributed by atoms with E-state index in [0.717, 1.165) is 18.6 Å². The number of hydrogen-bond acceptors (Lipinski definition) is 2. The Balaban J connectivity index is 1.78. The van der Waals surface area contributed by atoms with Crippen molar-refractivity contribution < 1.29 is 13.5 Å². The van der Waals surface area contributed by atoms with E-state index in [9.17, 15) is 8.78 Å². The molecule has 1 atom stereocenters. The first-order valence-corrected chi connectivity index (χ1v) is 7.26. The Morgan fingerprint density at radius 2 is 1.85 bits per heavy atom. The highest BCUT2D eigenvalue weighted by atomic mass is 19.3. The van der Waals surface area contributed by atoms with Crippen molar-refractivity contribution in [3.05, 3.63) is 29.8 Å². The lowest BCUT2D eigenvalue weighted by molar-refractivity contribution is -0.0484. The highest BCUT2D eigenvalue weighted by Crippen LogP contribution is 2.37. The third-order valence-corrected chi connectivity index (χ3v) is 4.29. The third-order valence-electron chi connectivity index (χ3n) is 4.29. The fraction of sp³-hybridized carbons (Fsp3) is 0.625. The van der Waals surface area contributed by atoms with Gasteiger partial charge in [0, 0.05) is 18.9 Å². The van der Waals surface area contributed by atoms with Crippen LogP contribution in [0.15, 0.2) is 24.3 Å². The topological polar surface area (TPSA) is 35.2 Å². The molecule has 4 heteroatoms. The normalized spacial score (nSPS) is 20.6. The van der Waals surface area contributed by atoms with E-state index in [1.807, 2.05) is 24.3 Å². The van der Waals surface area contributed by atoms with Crippen molar-refractivity contribution in [3.63, 3.8) is 0 Å². The van der Waals surface area contributed by atoms with E-state index in [-0.39, 0.29) is 24.8 Å². The molecule has 0 spiro atoms. The average Bonchev–Trinajstić information content (AvgIpc) is 2.45. The second-order valence-electron chi connectivity index (χ2n) is 5.74. The van der Waals surface area contributed by atoms with Crippen LogP contribution >= 0.6 is 0 Å². The van der Waals surface area contributed by atoms with Crippen LogP contribution in [0, 0.1) is 5.92 Å². The lowest BCUT2D eigenvalue weighted by atomic mass is 9.80. The molecule has 0 aromatic heterocycles. The van der Waals surface area contributed by atoms with Crippen molar-refractivity contribution in [2.45, 2.75) is 50.5 Å². The molecule has 1 aromatic carbocycles. The van der Waals surface area contributed by atoms with Crippen LogP contribution in [0.4, 0.5) is 8.78 Å². The minimum Gasteiger partial charge on any atom is -0.497 e. The Hall–Kier alpha value is -1.16. The number of aryl methyl sites for hydroxylation is 1. The summed E-state index contributed by atoms with van der Waals surface area (Å²) < 4.78 is 31.3. The van der Waals surface area contributed by atoms with Crippen LogP contribution in [-0.2, 0) is 6.42 Å². The molecular weight excluding hydrogens is 260 g/mol. The van der Waals surface area contributed by atoms with Gasteiger partial charge in [0.25, 0.3) is 0 Å². The van der Waals surface area contributed by atoms with Crippen LogP contribution in [-0.4, -0.2) is 19.1 Å². The summed E-state index contributed by atoms with van der Waals surface area (Å²) >= 11 is 0. The van der Waals surface area contributed by atoms with Crippen molar-refractivity contribution in [3.8, 4) is 5.75 Å². The fourth-order valence-corrected chi connectivity index (χ4v) is 2.85. The number of halogens is 2. The Morgan fingerprint density at radius 3 is 2.40 bits per heavy atom. The zero-order valence-electron chi connectivity index (χ0n) is 11.9. The lowest BCUT2D eigenvalue weighted by Crippen LogP contribution is -2.36. The van der Waals surface area contributed by atoms with Crippen molar-refractivity contribution in [2.75, 3.05) is 7.11 Å². The van der Waals surface area contributed by atoms with E-state index in [2.05, 4.69) is 0 Å². The van der Waals surface area contributed by atoms with Crippen LogP contribution in [0.1, 0.15) is 37.7 Å². The van der Waals surface area contributed by atoms with Gasteiger partial charge in [-0.3, -0.25) is 0 Å². The summed E-state index contributed by atoms with van der Waals surface area (Å²) in [4.78, 5) is 0. The third kappa shape index (κ3) is 4.17. The summed E-state index contributed by atoms with van der Waals surface area (Å²) in [5.74, 6) is -1.38. The molecule has 20 heavy (non-hydrogen) atoms. The van der Waals surface area contributed by atoms with Gasteiger partial charge in [0.1, 0.15) is 5.75 Å². The summed E-state index contributed by atoms with van der Waals surface area (Å²) in [6.07, 6.45) is 2.83. The molecule has 0 bridgehead atoms. The highest BCUT2D eigenvalue weighted by Gasteiger charge is 2.36. The first-order valence-electron chi connectivity index (χ1n) is 7.26. The van der Waals surface area contributed by atoms with Gasteiger partial charge in [-0.1, -0.05) is 12.1 Å². The molecule has 1 fully saturated rings.